The van der Waals surface area contributed by atoms with Crippen molar-refractivity contribution in [2.75, 3.05) is 18.5 Å². The molecule has 0 aliphatic carbocycles. The summed E-state index contributed by atoms with van der Waals surface area (Å²) in [6, 6.07) is 2.47. The number of halogens is 2. The maximum atomic E-state index is 13.7. The van der Waals surface area contributed by atoms with Crippen LogP contribution in [0.4, 0.5) is 14.5 Å². The lowest BCUT2D eigenvalue weighted by Gasteiger charge is -2.21. The number of aliphatic hydroxyl groups excluding tert-OH is 1. The van der Waals surface area contributed by atoms with E-state index in [0.717, 1.165) is 0 Å². The van der Waals surface area contributed by atoms with E-state index in [4.69, 9.17) is 10.8 Å². The highest BCUT2D eigenvalue weighted by molar-refractivity contribution is 5.50. The van der Waals surface area contributed by atoms with Crippen LogP contribution < -0.4 is 10.6 Å². The van der Waals surface area contributed by atoms with Gasteiger partial charge in [0.2, 0.25) is 0 Å². The lowest BCUT2D eigenvalue weighted by molar-refractivity contribution is 0.186. The van der Waals surface area contributed by atoms with E-state index in [-0.39, 0.29) is 12.2 Å². The summed E-state index contributed by atoms with van der Waals surface area (Å²) in [6.45, 7) is 2.12. The third-order valence-electron chi connectivity index (χ3n) is 2.58. The Morgan fingerprint density at radius 3 is 2.29 bits per heavy atom. The second-order valence-corrected chi connectivity index (χ2v) is 4.17. The minimum absolute atomic E-state index is 0.0807. The van der Waals surface area contributed by atoms with Gasteiger partial charge in [-0.2, -0.15) is 0 Å². The molecule has 0 aliphatic heterocycles. The Kier molecular flexibility index (Phi) is 4.84. The first-order chi connectivity index (χ1) is 7.95. The summed E-state index contributed by atoms with van der Waals surface area (Å²) < 4.78 is 27.3. The fourth-order valence-electron chi connectivity index (χ4n) is 1.59. The largest absolute Gasteiger partial charge is 0.393 e. The van der Waals surface area contributed by atoms with Gasteiger partial charge in [-0.15, -0.1) is 0 Å². The Balaban J connectivity index is 2.89. The molecule has 5 heteroatoms. The first-order valence-corrected chi connectivity index (χ1v) is 5.53. The lowest BCUT2D eigenvalue weighted by Crippen LogP contribution is -2.24. The topological polar surface area (TPSA) is 49.5 Å². The fraction of sp³-hybridized carbons (Fsp3) is 0.500. The number of aliphatic hydroxyl groups is 1. The van der Waals surface area contributed by atoms with Crippen molar-refractivity contribution in [3.63, 3.8) is 0 Å². The van der Waals surface area contributed by atoms with Crippen molar-refractivity contribution in [1.29, 1.82) is 0 Å². The predicted molar refractivity (Wildman–Crippen MR) is 63.8 cm³/mol. The summed E-state index contributed by atoms with van der Waals surface area (Å²) in [5, 5.41) is 9.14. The Hall–Kier alpha value is -1.20. The Morgan fingerprint density at radius 1 is 1.35 bits per heavy atom. The number of nitrogens with two attached hydrogens (primary N) is 1. The molecule has 3 nitrogen and oxygen atoms in total. The SMILES string of the molecule is CC(O)CCN(C)c1c(F)cc(CN)cc1F. The molecule has 0 aliphatic rings. The molecule has 1 aromatic carbocycles. The van der Waals surface area contributed by atoms with Gasteiger partial charge in [0.1, 0.15) is 17.3 Å². The molecule has 0 saturated carbocycles. The average Bonchev–Trinajstić information content (AvgIpc) is 2.25. The Labute approximate surface area is 99.8 Å². The third-order valence-corrected chi connectivity index (χ3v) is 2.58. The van der Waals surface area contributed by atoms with Crippen molar-refractivity contribution < 1.29 is 13.9 Å². The van der Waals surface area contributed by atoms with Crippen molar-refractivity contribution in [1.82, 2.24) is 0 Å². The lowest BCUT2D eigenvalue weighted by atomic mass is 10.1. The number of hydrogen-bond donors (Lipinski definition) is 2. The van der Waals surface area contributed by atoms with Gasteiger partial charge in [0.15, 0.2) is 0 Å². The summed E-state index contributed by atoms with van der Waals surface area (Å²) in [6.07, 6.45) is -0.0412. The van der Waals surface area contributed by atoms with E-state index < -0.39 is 17.7 Å². The molecule has 0 amide bonds. The normalized spacial score (nSPS) is 12.6. The van der Waals surface area contributed by atoms with Crippen LogP contribution in [0.15, 0.2) is 12.1 Å². The van der Waals surface area contributed by atoms with Crippen LogP contribution in [0.5, 0.6) is 0 Å². The number of hydrogen-bond acceptors (Lipinski definition) is 3. The molecule has 1 aromatic rings. The number of anilines is 1. The van der Waals surface area contributed by atoms with Crippen LogP contribution in [0.2, 0.25) is 0 Å². The molecular weight excluding hydrogens is 226 g/mol. The van der Waals surface area contributed by atoms with Crippen LogP contribution in [-0.2, 0) is 6.54 Å². The zero-order chi connectivity index (χ0) is 13.0. The van der Waals surface area contributed by atoms with Gasteiger partial charge < -0.3 is 15.7 Å². The molecule has 17 heavy (non-hydrogen) atoms. The van der Waals surface area contributed by atoms with Crippen LogP contribution in [0.1, 0.15) is 18.9 Å². The molecule has 96 valence electrons. The highest BCUT2D eigenvalue weighted by Crippen LogP contribution is 2.24. The maximum Gasteiger partial charge on any atom is 0.149 e. The van der Waals surface area contributed by atoms with E-state index in [9.17, 15) is 8.78 Å². The average molecular weight is 244 g/mol. The maximum absolute atomic E-state index is 13.7. The summed E-state index contributed by atoms with van der Waals surface area (Å²) in [5.41, 5.74) is 5.68. The minimum atomic E-state index is -0.626. The van der Waals surface area contributed by atoms with Crippen molar-refractivity contribution >= 4 is 5.69 Å². The van der Waals surface area contributed by atoms with Crippen LogP contribution in [0.25, 0.3) is 0 Å². The molecule has 1 rings (SSSR count). The Bertz CT molecular complexity index is 360. The monoisotopic (exact) mass is 244 g/mol. The van der Waals surface area contributed by atoms with E-state index in [1.54, 1.807) is 14.0 Å². The van der Waals surface area contributed by atoms with Gasteiger partial charge in [0, 0.05) is 20.1 Å². The molecule has 0 fully saturated rings. The third kappa shape index (κ3) is 3.64. The quantitative estimate of drug-likeness (QED) is 0.827. The molecule has 0 heterocycles. The first-order valence-electron chi connectivity index (χ1n) is 5.53. The van der Waals surface area contributed by atoms with Gasteiger partial charge in [0.05, 0.1) is 6.10 Å². The van der Waals surface area contributed by atoms with Gasteiger partial charge >= 0.3 is 0 Å². The van der Waals surface area contributed by atoms with Gasteiger partial charge in [-0.25, -0.2) is 8.78 Å². The molecule has 0 saturated heterocycles. The van der Waals surface area contributed by atoms with E-state index in [0.29, 0.717) is 18.5 Å². The van der Waals surface area contributed by atoms with Crippen LogP contribution in [0, 0.1) is 11.6 Å². The number of rotatable bonds is 5. The van der Waals surface area contributed by atoms with Gasteiger partial charge in [-0.05, 0) is 31.0 Å². The standard InChI is InChI=1S/C12H18F2N2O/c1-8(17)3-4-16(2)12-10(13)5-9(7-15)6-11(12)14/h5-6,8,17H,3-4,7,15H2,1-2H3. The molecule has 3 N–H and O–H groups in total. The highest BCUT2D eigenvalue weighted by Gasteiger charge is 2.15. The van der Waals surface area contributed by atoms with Gasteiger partial charge in [-0.1, -0.05) is 0 Å². The molecule has 0 radical (unpaired) electrons. The van der Waals surface area contributed by atoms with Gasteiger partial charge in [0.25, 0.3) is 0 Å². The summed E-state index contributed by atoms with van der Waals surface area (Å²) in [5.74, 6) is -1.25. The highest BCUT2D eigenvalue weighted by atomic mass is 19.1. The second kappa shape index (κ2) is 5.93. The van der Waals surface area contributed by atoms with E-state index in [2.05, 4.69) is 0 Å². The number of nitrogens with zero attached hydrogens (tertiary/aromatic N) is 1. The van der Waals surface area contributed by atoms with Crippen LogP contribution >= 0.6 is 0 Å². The zero-order valence-electron chi connectivity index (χ0n) is 10.1. The van der Waals surface area contributed by atoms with Crippen molar-refractivity contribution in [3.05, 3.63) is 29.3 Å². The fourth-order valence-corrected chi connectivity index (χ4v) is 1.59. The molecular formula is C12H18F2N2O. The van der Waals surface area contributed by atoms with Crippen molar-refractivity contribution in [2.24, 2.45) is 5.73 Å². The van der Waals surface area contributed by atoms with Crippen LogP contribution in [-0.4, -0.2) is 24.8 Å². The molecule has 0 spiro atoms. The molecule has 0 bridgehead atoms. The molecule has 1 unspecified atom stereocenters. The van der Waals surface area contributed by atoms with E-state index >= 15 is 0 Å². The molecule has 1 atom stereocenters. The van der Waals surface area contributed by atoms with Gasteiger partial charge in [-0.3, -0.25) is 0 Å². The second-order valence-electron chi connectivity index (χ2n) is 4.17. The Morgan fingerprint density at radius 2 is 1.88 bits per heavy atom. The smallest absolute Gasteiger partial charge is 0.149 e. The first kappa shape index (κ1) is 13.9. The zero-order valence-corrected chi connectivity index (χ0v) is 10.1. The van der Waals surface area contributed by atoms with E-state index in [1.807, 2.05) is 0 Å². The van der Waals surface area contributed by atoms with Crippen molar-refractivity contribution in [2.45, 2.75) is 26.0 Å². The predicted octanol–water partition coefficient (Wildman–Crippen LogP) is 1.63. The minimum Gasteiger partial charge on any atom is -0.393 e. The number of benzene rings is 1. The van der Waals surface area contributed by atoms with Crippen molar-refractivity contribution in [3.8, 4) is 0 Å². The van der Waals surface area contributed by atoms with Crippen LogP contribution in [0.3, 0.4) is 0 Å². The summed E-state index contributed by atoms with van der Waals surface area (Å²) in [4.78, 5) is 1.46. The summed E-state index contributed by atoms with van der Waals surface area (Å²) in [7, 11) is 1.59. The molecule has 0 aromatic heterocycles. The summed E-state index contributed by atoms with van der Waals surface area (Å²) >= 11 is 0. The van der Waals surface area contributed by atoms with E-state index in [1.165, 1.54) is 17.0 Å².